The number of nitrogens with zero attached hydrogens (tertiary/aromatic N) is 3. The Morgan fingerprint density at radius 1 is 0.935 bits per heavy atom. The van der Waals surface area contributed by atoms with Gasteiger partial charge in [-0.1, -0.05) is 41.2 Å². The number of rotatable bonds is 5. The molecule has 2 aromatic carbocycles. The van der Waals surface area contributed by atoms with Gasteiger partial charge in [0, 0.05) is 6.20 Å². The van der Waals surface area contributed by atoms with Crippen LogP contribution in [0.2, 0.25) is 0 Å². The highest BCUT2D eigenvalue weighted by atomic mass is 32.1. The molecule has 1 amide bonds. The SMILES string of the molecule is Cc1cc(C)c(CC(=O)N(Cc2ccccn2)c2nc3c(C)cc(C)cc3s2)c(C)c1. The monoisotopic (exact) mass is 429 g/mol. The maximum Gasteiger partial charge on any atom is 0.233 e. The number of carbonyl (C=O) groups excluding carboxylic acids is 1. The number of benzene rings is 2. The van der Waals surface area contributed by atoms with Crippen LogP contribution in [-0.2, 0) is 17.8 Å². The molecule has 4 nitrogen and oxygen atoms in total. The van der Waals surface area contributed by atoms with Crippen molar-refractivity contribution in [2.75, 3.05) is 4.90 Å². The van der Waals surface area contributed by atoms with Crippen molar-refractivity contribution in [1.29, 1.82) is 0 Å². The van der Waals surface area contributed by atoms with Crippen molar-refractivity contribution in [2.45, 2.75) is 47.6 Å². The van der Waals surface area contributed by atoms with Gasteiger partial charge in [-0.05, 0) is 80.6 Å². The Labute approximate surface area is 187 Å². The van der Waals surface area contributed by atoms with E-state index in [0.29, 0.717) is 13.0 Å². The molecular formula is C26H27N3OS. The fraction of sp³-hybridized carbons (Fsp3) is 0.269. The van der Waals surface area contributed by atoms with Gasteiger partial charge in [-0.2, -0.15) is 0 Å². The van der Waals surface area contributed by atoms with Gasteiger partial charge in [0.2, 0.25) is 5.91 Å². The third-order valence-electron chi connectivity index (χ3n) is 5.57. The first-order valence-electron chi connectivity index (χ1n) is 10.5. The molecule has 0 aliphatic heterocycles. The molecule has 2 aromatic heterocycles. The van der Waals surface area contributed by atoms with Crippen LogP contribution in [0.5, 0.6) is 0 Å². The molecule has 4 rings (SSSR count). The van der Waals surface area contributed by atoms with Gasteiger partial charge in [0.05, 0.1) is 28.9 Å². The summed E-state index contributed by atoms with van der Waals surface area (Å²) in [5.41, 5.74) is 8.76. The van der Waals surface area contributed by atoms with Crippen LogP contribution in [-0.4, -0.2) is 15.9 Å². The number of thiazole rings is 1. The molecular weight excluding hydrogens is 402 g/mol. The summed E-state index contributed by atoms with van der Waals surface area (Å²) in [5, 5.41) is 0.724. The Kier molecular flexibility index (Phi) is 5.88. The van der Waals surface area contributed by atoms with Crippen LogP contribution in [0.25, 0.3) is 10.2 Å². The summed E-state index contributed by atoms with van der Waals surface area (Å²) in [6.07, 6.45) is 2.11. The van der Waals surface area contributed by atoms with Gasteiger partial charge >= 0.3 is 0 Å². The third kappa shape index (κ3) is 4.52. The average Bonchev–Trinajstić information content (AvgIpc) is 3.13. The molecule has 0 aliphatic rings. The van der Waals surface area contributed by atoms with E-state index in [1.165, 1.54) is 11.1 Å². The molecule has 4 aromatic rings. The molecule has 0 bridgehead atoms. The predicted molar refractivity (Wildman–Crippen MR) is 129 cm³/mol. The van der Waals surface area contributed by atoms with E-state index in [9.17, 15) is 4.79 Å². The average molecular weight is 430 g/mol. The molecule has 158 valence electrons. The topological polar surface area (TPSA) is 46.1 Å². The standard InChI is InChI=1S/C26H27N3OS/c1-16-10-18(3)22(19(4)11-16)14-24(30)29(15-21-8-6-7-9-27-21)26-28-25-20(5)12-17(2)13-23(25)31-26/h6-13H,14-15H2,1-5H3. The number of anilines is 1. The number of carbonyl (C=O) groups is 1. The van der Waals surface area contributed by atoms with Gasteiger partial charge in [0.15, 0.2) is 5.13 Å². The van der Waals surface area contributed by atoms with Gasteiger partial charge < -0.3 is 0 Å². The molecule has 0 saturated carbocycles. The van der Waals surface area contributed by atoms with Gasteiger partial charge in [-0.15, -0.1) is 0 Å². The van der Waals surface area contributed by atoms with Crippen molar-refractivity contribution in [3.63, 3.8) is 0 Å². The molecule has 0 N–H and O–H groups in total. The highest BCUT2D eigenvalue weighted by Crippen LogP contribution is 2.33. The summed E-state index contributed by atoms with van der Waals surface area (Å²) in [7, 11) is 0. The lowest BCUT2D eigenvalue weighted by molar-refractivity contribution is -0.118. The van der Waals surface area contributed by atoms with Gasteiger partial charge in [0.1, 0.15) is 0 Å². The van der Waals surface area contributed by atoms with Crippen LogP contribution in [0.15, 0.2) is 48.7 Å². The zero-order chi connectivity index (χ0) is 22.1. The van der Waals surface area contributed by atoms with E-state index in [4.69, 9.17) is 4.98 Å². The second-order valence-electron chi connectivity index (χ2n) is 8.28. The van der Waals surface area contributed by atoms with Crippen molar-refractivity contribution in [2.24, 2.45) is 0 Å². The second kappa shape index (κ2) is 8.60. The summed E-state index contributed by atoms with van der Waals surface area (Å²) in [4.78, 5) is 24.7. The molecule has 0 radical (unpaired) electrons. The third-order valence-corrected chi connectivity index (χ3v) is 6.59. The Morgan fingerprint density at radius 2 is 1.61 bits per heavy atom. The molecule has 31 heavy (non-hydrogen) atoms. The summed E-state index contributed by atoms with van der Waals surface area (Å²) < 4.78 is 1.11. The fourth-order valence-electron chi connectivity index (χ4n) is 4.13. The fourth-order valence-corrected chi connectivity index (χ4v) is 5.28. The molecule has 0 saturated heterocycles. The normalized spacial score (nSPS) is 11.1. The number of hydrogen-bond donors (Lipinski definition) is 0. The lowest BCUT2D eigenvalue weighted by Crippen LogP contribution is -2.32. The van der Waals surface area contributed by atoms with E-state index in [-0.39, 0.29) is 5.91 Å². The highest BCUT2D eigenvalue weighted by Gasteiger charge is 2.23. The molecule has 0 fully saturated rings. The first-order valence-corrected chi connectivity index (χ1v) is 11.3. The van der Waals surface area contributed by atoms with Gasteiger partial charge in [-0.3, -0.25) is 14.7 Å². The molecule has 0 atom stereocenters. The Hall–Kier alpha value is -3.05. The summed E-state index contributed by atoms with van der Waals surface area (Å²) >= 11 is 1.57. The molecule has 5 heteroatoms. The van der Waals surface area contributed by atoms with E-state index in [2.05, 4.69) is 63.9 Å². The number of hydrogen-bond acceptors (Lipinski definition) is 4. The minimum absolute atomic E-state index is 0.0362. The number of fused-ring (bicyclic) bond motifs is 1. The van der Waals surface area contributed by atoms with Crippen molar-refractivity contribution in [3.05, 3.63) is 87.7 Å². The zero-order valence-corrected chi connectivity index (χ0v) is 19.5. The largest absolute Gasteiger partial charge is 0.282 e. The lowest BCUT2D eigenvalue weighted by atomic mass is 9.97. The number of pyridine rings is 1. The maximum atomic E-state index is 13.6. The van der Waals surface area contributed by atoms with Gasteiger partial charge in [0.25, 0.3) is 0 Å². The zero-order valence-electron chi connectivity index (χ0n) is 18.7. The summed E-state index contributed by atoms with van der Waals surface area (Å²) in [6.45, 7) is 10.8. The van der Waals surface area contributed by atoms with Crippen LogP contribution in [0.4, 0.5) is 5.13 Å². The minimum Gasteiger partial charge on any atom is -0.282 e. The van der Waals surface area contributed by atoms with Crippen molar-refractivity contribution >= 4 is 32.6 Å². The van der Waals surface area contributed by atoms with Gasteiger partial charge in [-0.25, -0.2) is 4.98 Å². The van der Waals surface area contributed by atoms with E-state index in [1.807, 2.05) is 18.2 Å². The van der Waals surface area contributed by atoms with Crippen molar-refractivity contribution < 1.29 is 4.79 Å². The van der Waals surface area contributed by atoms with E-state index in [1.54, 1.807) is 22.4 Å². The molecule has 0 unspecified atom stereocenters. The smallest absolute Gasteiger partial charge is 0.233 e. The Bertz CT molecular complexity index is 1240. The first kappa shape index (κ1) is 21.2. The van der Waals surface area contributed by atoms with E-state index < -0.39 is 0 Å². The Balaban J connectivity index is 1.74. The summed E-state index contributed by atoms with van der Waals surface area (Å²) in [6, 6.07) is 14.3. The molecule has 0 aliphatic carbocycles. The quantitative estimate of drug-likeness (QED) is 0.390. The Morgan fingerprint density at radius 3 is 2.29 bits per heavy atom. The number of aromatic nitrogens is 2. The molecule has 0 spiro atoms. The van der Waals surface area contributed by atoms with Crippen LogP contribution in [0.1, 0.15) is 39.1 Å². The first-order chi connectivity index (χ1) is 14.8. The highest BCUT2D eigenvalue weighted by molar-refractivity contribution is 7.22. The van der Waals surface area contributed by atoms with Crippen molar-refractivity contribution in [1.82, 2.24) is 9.97 Å². The maximum absolute atomic E-state index is 13.6. The summed E-state index contributed by atoms with van der Waals surface area (Å²) in [5.74, 6) is 0.0362. The van der Waals surface area contributed by atoms with Crippen molar-refractivity contribution in [3.8, 4) is 0 Å². The second-order valence-corrected chi connectivity index (χ2v) is 9.29. The minimum atomic E-state index is 0.0362. The van der Waals surface area contributed by atoms with E-state index >= 15 is 0 Å². The van der Waals surface area contributed by atoms with Crippen LogP contribution in [0, 0.1) is 34.6 Å². The van der Waals surface area contributed by atoms with E-state index in [0.717, 1.165) is 43.3 Å². The molecule has 2 heterocycles. The van der Waals surface area contributed by atoms with Crippen LogP contribution >= 0.6 is 11.3 Å². The van der Waals surface area contributed by atoms with Crippen LogP contribution < -0.4 is 4.90 Å². The number of amides is 1. The number of aryl methyl sites for hydroxylation is 5. The predicted octanol–water partition coefficient (Wildman–Crippen LogP) is 6.01. The lowest BCUT2D eigenvalue weighted by Gasteiger charge is -2.21. The van der Waals surface area contributed by atoms with Crippen LogP contribution in [0.3, 0.4) is 0 Å².